The number of hydrogen-bond donors (Lipinski definition) is 1. The molecule has 1 atom stereocenters. The molecule has 0 saturated carbocycles. The Bertz CT molecular complexity index is 1600. The molecule has 0 aliphatic heterocycles. The van der Waals surface area contributed by atoms with Crippen molar-refractivity contribution in [2.45, 2.75) is 19.5 Å². The molecule has 4 aromatic carbocycles. The Morgan fingerprint density at radius 1 is 0.895 bits per heavy atom. The van der Waals surface area contributed by atoms with Crippen molar-refractivity contribution in [3.05, 3.63) is 131 Å². The van der Waals surface area contributed by atoms with Crippen molar-refractivity contribution in [2.75, 3.05) is 17.3 Å². The lowest BCUT2D eigenvalue weighted by molar-refractivity contribution is 0.254. The number of nitrogens with one attached hydrogen (secondary N) is 1. The predicted molar refractivity (Wildman–Crippen MR) is 151 cm³/mol. The third-order valence-corrected chi connectivity index (χ3v) is 6.43. The molecule has 7 nitrogen and oxygen atoms in total. The van der Waals surface area contributed by atoms with Gasteiger partial charge in [0.05, 0.1) is 30.6 Å². The standard InChI is InChI=1S/C31H28N4O3/c1-22(35(25-17-19-26(38-2)20-18-25)31(37)32-24-13-7-4-8-14-24)29-33-28-16-10-9-15-27(28)30(36)34(29)21-23-11-5-3-6-12-23/h3-20,22H,21H2,1-2H3,(H,32,37). The molecule has 0 bridgehead atoms. The zero-order chi connectivity index (χ0) is 26.5. The molecule has 0 aliphatic rings. The van der Waals surface area contributed by atoms with E-state index >= 15 is 0 Å². The second-order valence-corrected chi connectivity index (χ2v) is 8.90. The topological polar surface area (TPSA) is 76.5 Å². The van der Waals surface area contributed by atoms with E-state index in [0.29, 0.717) is 40.4 Å². The molecule has 190 valence electrons. The van der Waals surface area contributed by atoms with Gasteiger partial charge >= 0.3 is 6.03 Å². The lowest BCUT2D eigenvalue weighted by Crippen LogP contribution is -2.40. The second kappa shape index (κ2) is 11.0. The SMILES string of the molecule is COc1ccc(N(C(=O)Nc2ccccc2)C(C)c2nc3ccccc3c(=O)n2Cc2ccccc2)cc1. The Morgan fingerprint density at radius 2 is 1.53 bits per heavy atom. The van der Waals surface area contributed by atoms with Gasteiger partial charge in [0.15, 0.2) is 0 Å². The molecule has 0 saturated heterocycles. The molecular weight excluding hydrogens is 476 g/mol. The minimum Gasteiger partial charge on any atom is -0.497 e. The molecule has 0 radical (unpaired) electrons. The van der Waals surface area contributed by atoms with Crippen molar-refractivity contribution in [3.8, 4) is 5.75 Å². The minimum absolute atomic E-state index is 0.153. The molecule has 0 aliphatic carbocycles. The van der Waals surface area contributed by atoms with Gasteiger partial charge in [0.25, 0.3) is 5.56 Å². The molecular formula is C31H28N4O3. The van der Waals surface area contributed by atoms with Crippen molar-refractivity contribution in [1.29, 1.82) is 0 Å². The molecule has 0 spiro atoms. The maximum atomic E-state index is 13.8. The molecule has 2 amide bonds. The Morgan fingerprint density at radius 3 is 2.21 bits per heavy atom. The van der Waals surface area contributed by atoms with Gasteiger partial charge in [0, 0.05) is 11.4 Å². The molecule has 1 N–H and O–H groups in total. The fourth-order valence-electron chi connectivity index (χ4n) is 4.50. The van der Waals surface area contributed by atoms with Crippen molar-refractivity contribution in [1.82, 2.24) is 9.55 Å². The van der Waals surface area contributed by atoms with Crippen LogP contribution < -0.4 is 20.5 Å². The smallest absolute Gasteiger partial charge is 0.326 e. The minimum atomic E-state index is -0.590. The maximum Gasteiger partial charge on any atom is 0.326 e. The van der Waals surface area contributed by atoms with Crippen molar-refractivity contribution in [3.63, 3.8) is 0 Å². The van der Waals surface area contributed by atoms with Crippen LogP contribution in [0.3, 0.4) is 0 Å². The van der Waals surface area contributed by atoms with E-state index in [0.717, 1.165) is 5.56 Å². The van der Waals surface area contributed by atoms with Crippen LogP contribution in [0.25, 0.3) is 10.9 Å². The molecule has 7 heteroatoms. The fraction of sp³-hybridized carbons (Fsp3) is 0.129. The molecule has 0 fully saturated rings. The number of benzene rings is 4. The molecule has 38 heavy (non-hydrogen) atoms. The zero-order valence-corrected chi connectivity index (χ0v) is 21.2. The first-order chi connectivity index (χ1) is 18.5. The number of hydrogen-bond acceptors (Lipinski definition) is 4. The van der Waals surface area contributed by atoms with E-state index < -0.39 is 6.04 Å². The summed E-state index contributed by atoms with van der Waals surface area (Å²) in [7, 11) is 1.60. The number of para-hydroxylation sites is 2. The summed E-state index contributed by atoms with van der Waals surface area (Å²) in [6.07, 6.45) is 0. The number of rotatable bonds is 7. The number of methoxy groups -OCH3 is 1. The lowest BCUT2D eigenvalue weighted by Gasteiger charge is -2.31. The van der Waals surface area contributed by atoms with Gasteiger partial charge in [-0.25, -0.2) is 9.78 Å². The number of urea groups is 1. The van der Waals surface area contributed by atoms with Crippen LogP contribution in [0.2, 0.25) is 0 Å². The number of fused-ring (bicyclic) bond motifs is 1. The summed E-state index contributed by atoms with van der Waals surface area (Å²) in [4.78, 5) is 34.1. The van der Waals surface area contributed by atoms with Gasteiger partial charge < -0.3 is 10.1 Å². The van der Waals surface area contributed by atoms with Crippen LogP contribution >= 0.6 is 0 Å². The highest BCUT2D eigenvalue weighted by Gasteiger charge is 2.28. The number of nitrogens with zero attached hydrogens (tertiary/aromatic N) is 3. The van der Waals surface area contributed by atoms with Crippen molar-refractivity contribution in [2.24, 2.45) is 0 Å². The first kappa shape index (κ1) is 24.8. The summed E-state index contributed by atoms with van der Waals surface area (Å²) in [6.45, 7) is 2.21. The van der Waals surface area contributed by atoms with Crippen LogP contribution in [-0.2, 0) is 6.54 Å². The van der Waals surface area contributed by atoms with E-state index in [9.17, 15) is 9.59 Å². The second-order valence-electron chi connectivity index (χ2n) is 8.90. The Hall–Kier alpha value is -4.91. The first-order valence-corrected chi connectivity index (χ1v) is 12.4. The van der Waals surface area contributed by atoms with Crippen LogP contribution in [0, 0.1) is 0 Å². The Kier molecular flexibility index (Phi) is 7.17. The fourth-order valence-corrected chi connectivity index (χ4v) is 4.50. The largest absolute Gasteiger partial charge is 0.497 e. The zero-order valence-electron chi connectivity index (χ0n) is 21.2. The number of carbonyl (C=O) groups is 1. The monoisotopic (exact) mass is 504 g/mol. The molecule has 1 aromatic heterocycles. The summed E-state index contributed by atoms with van der Waals surface area (Å²) >= 11 is 0. The first-order valence-electron chi connectivity index (χ1n) is 12.4. The van der Waals surface area contributed by atoms with Crippen LogP contribution in [0.1, 0.15) is 24.4 Å². The van der Waals surface area contributed by atoms with Gasteiger partial charge in [0.1, 0.15) is 11.6 Å². The number of amides is 2. The lowest BCUT2D eigenvalue weighted by atomic mass is 10.1. The van der Waals surface area contributed by atoms with E-state index in [1.165, 1.54) is 0 Å². The van der Waals surface area contributed by atoms with E-state index in [1.54, 1.807) is 34.8 Å². The predicted octanol–water partition coefficient (Wildman–Crippen LogP) is 6.25. The van der Waals surface area contributed by atoms with E-state index in [1.807, 2.05) is 97.9 Å². The van der Waals surface area contributed by atoms with Gasteiger partial charge in [-0.05, 0) is 61.0 Å². The Balaban J connectivity index is 1.64. The molecule has 1 heterocycles. The average molecular weight is 505 g/mol. The van der Waals surface area contributed by atoms with Gasteiger partial charge in [0.2, 0.25) is 0 Å². The van der Waals surface area contributed by atoms with Crippen LogP contribution in [0.4, 0.5) is 16.2 Å². The van der Waals surface area contributed by atoms with Gasteiger partial charge in [-0.1, -0.05) is 60.7 Å². The highest BCUT2D eigenvalue weighted by molar-refractivity contribution is 6.02. The number of ether oxygens (including phenoxy) is 1. The van der Waals surface area contributed by atoms with Crippen molar-refractivity contribution >= 4 is 28.3 Å². The van der Waals surface area contributed by atoms with Gasteiger partial charge in [-0.3, -0.25) is 14.3 Å². The number of aromatic nitrogens is 2. The molecule has 5 aromatic rings. The summed E-state index contributed by atoms with van der Waals surface area (Å²) < 4.78 is 6.98. The summed E-state index contributed by atoms with van der Waals surface area (Å²) in [5.41, 5.74) is 2.70. The average Bonchev–Trinajstić information content (AvgIpc) is 2.96. The Labute approximate surface area is 221 Å². The van der Waals surface area contributed by atoms with Gasteiger partial charge in [-0.15, -0.1) is 0 Å². The van der Waals surface area contributed by atoms with E-state index in [4.69, 9.17) is 9.72 Å². The normalized spacial score (nSPS) is 11.6. The van der Waals surface area contributed by atoms with Crippen LogP contribution in [0.15, 0.2) is 114 Å². The quantitative estimate of drug-likeness (QED) is 0.284. The molecule has 5 rings (SSSR count). The summed E-state index contributed by atoms with van der Waals surface area (Å²) in [5, 5.41) is 3.51. The van der Waals surface area contributed by atoms with Gasteiger partial charge in [-0.2, -0.15) is 0 Å². The number of anilines is 2. The highest BCUT2D eigenvalue weighted by atomic mass is 16.5. The van der Waals surface area contributed by atoms with Crippen LogP contribution in [-0.4, -0.2) is 22.7 Å². The van der Waals surface area contributed by atoms with Crippen molar-refractivity contribution < 1.29 is 9.53 Å². The summed E-state index contributed by atoms with van der Waals surface area (Å²) in [6, 6.07) is 32.6. The van der Waals surface area contributed by atoms with Crippen LogP contribution in [0.5, 0.6) is 5.75 Å². The number of carbonyl (C=O) groups excluding carboxylic acids is 1. The summed E-state index contributed by atoms with van der Waals surface area (Å²) in [5.74, 6) is 1.16. The maximum absolute atomic E-state index is 13.8. The highest BCUT2D eigenvalue weighted by Crippen LogP contribution is 2.29. The van der Waals surface area contributed by atoms with E-state index in [-0.39, 0.29) is 11.6 Å². The van der Waals surface area contributed by atoms with E-state index in [2.05, 4.69) is 5.32 Å². The molecule has 1 unspecified atom stereocenters. The third-order valence-electron chi connectivity index (χ3n) is 6.43. The third kappa shape index (κ3) is 5.13.